The molecule has 0 fully saturated rings. The molecule has 10 heteroatoms. The maximum absolute atomic E-state index is 11.1. The quantitative estimate of drug-likeness (QED) is 0.299. The molecule has 0 saturated heterocycles. The van der Waals surface area contributed by atoms with E-state index < -0.39 is 27.4 Å². The summed E-state index contributed by atoms with van der Waals surface area (Å²) in [5, 5.41) is 0. The second-order valence-electron chi connectivity index (χ2n) is 5.08. The normalized spacial score (nSPS) is 22.5. The molecule has 0 aromatic rings. The van der Waals surface area contributed by atoms with Gasteiger partial charge in [0.15, 0.2) is 5.66 Å². The number of rotatable bonds is 7. The third kappa shape index (κ3) is 6.50. The van der Waals surface area contributed by atoms with Crippen LogP contribution in [0.15, 0.2) is 4.99 Å². The van der Waals surface area contributed by atoms with Crippen LogP contribution in [0.5, 0.6) is 0 Å². The molecule has 0 amide bonds. The van der Waals surface area contributed by atoms with Crippen LogP contribution in [-0.2, 0) is 4.57 Å². The van der Waals surface area contributed by atoms with E-state index >= 15 is 0 Å². The van der Waals surface area contributed by atoms with Gasteiger partial charge in [-0.25, -0.2) is 0 Å². The first-order valence-corrected chi connectivity index (χ1v) is 10.5. The maximum atomic E-state index is 11.1. The van der Waals surface area contributed by atoms with Gasteiger partial charge in [0.1, 0.15) is 0 Å². The van der Waals surface area contributed by atoms with Gasteiger partial charge in [-0.2, -0.15) is 27.3 Å². The van der Waals surface area contributed by atoms with E-state index in [4.69, 9.17) is 9.79 Å². The lowest BCUT2D eigenvalue weighted by Gasteiger charge is -2.25. The van der Waals surface area contributed by atoms with Gasteiger partial charge < -0.3 is 9.79 Å². The minimum Gasteiger partial charge on any atom is -0.324 e. The van der Waals surface area contributed by atoms with E-state index in [-0.39, 0.29) is 0 Å². The topological polar surface area (TPSA) is 131 Å². The lowest BCUT2D eigenvalue weighted by atomic mass is 9.93. The van der Waals surface area contributed by atoms with Crippen LogP contribution in [0, 0.1) is 5.92 Å². The first-order chi connectivity index (χ1) is 9.13. The van der Waals surface area contributed by atoms with Crippen molar-refractivity contribution in [3.05, 3.63) is 0 Å². The molecule has 0 radical (unpaired) electrons. The molecule has 1 aliphatic heterocycles. The monoisotopic (exact) mass is 346 g/mol. The summed E-state index contributed by atoms with van der Waals surface area (Å²) in [6.45, 7) is 0.487. The van der Waals surface area contributed by atoms with Crippen molar-refractivity contribution in [3.63, 3.8) is 0 Å². The number of hydrogen-bond acceptors (Lipinski definition) is 6. The highest BCUT2D eigenvalue weighted by molar-refractivity contribution is 7.80. The summed E-state index contributed by atoms with van der Waals surface area (Å²) in [5.41, 5.74) is -1.05. The fourth-order valence-corrected chi connectivity index (χ4v) is 5.27. The van der Waals surface area contributed by atoms with Crippen molar-refractivity contribution < 1.29 is 29.0 Å². The Morgan fingerprint density at radius 3 is 2.45 bits per heavy atom. The van der Waals surface area contributed by atoms with Crippen molar-refractivity contribution in [2.75, 3.05) is 18.5 Å². The Morgan fingerprint density at radius 1 is 1.40 bits per heavy atom. The first kappa shape index (κ1) is 18.5. The summed E-state index contributed by atoms with van der Waals surface area (Å²) >= 11 is 4.14. The lowest BCUT2D eigenvalue weighted by Crippen LogP contribution is -2.31. The molecule has 5 N–H and O–H groups in total. The highest BCUT2D eigenvalue weighted by atomic mass is 32.1. The van der Waals surface area contributed by atoms with Crippen LogP contribution in [-0.4, -0.2) is 54.3 Å². The highest BCUT2D eigenvalue weighted by Gasteiger charge is 2.49. The van der Waals surface area contributed by atoms with Gasteiger partial charge in [0.05, 0.1) is 11.9 Å². The highest BCUT2D eigenvalue weighted by Crippen LogP contribution is 2.56. The molecule has 1 aliphatic rings. The van der Waals surface area contributed by atoms with E-state index in [9.17, 15) is 19.2 Å². The van der Waals surface area contributed by atoms with Crippen molar-refractivity contribution >= 4 is 33.9 Å². The second-order valence-corrected chi connectivity index (χ2v) is 9.07. The smallest absolute Gasteiger partial charge is 0.324 e. The zero-order valence-electron chi connectivity index (χ0n) is 11.0. The Labute approximate surface area is 124 Å². The average Bonchev–Trinajstić information content (AvgIpc) is 2.32. The Kier molecular flexibility index (Phi) is 7.09. The lowest BCUT2D eigenvalue weighted by molar-refractivity contribution is 0.320. The summed E-state index contributed by atoms with van der Waals surface area (Å²) in [6, 6.07) is 0. The molecular formula is C10H22NO6P2S+. The van der Waals surface area contributed by atoms with E-state index in [2.05, 4.69) is 17.6 Å². The van der Waals surface area contributed by atoms with Gasteiger partial charge in [0, 0.05) is 6.54 Å². The van der Waals surface area contributed by atoms with Crippen LogP contribution in [0.3, 0.4) is 0 Å². The Balaban J connectivity index is 2.74. The largest absolute Gasteiger partial charge is 0.413 e. The Morgan fingerprint density at radius 2 is 2.05 bits per heavy atom. The standard InChI is InChI=1S/C10H21NO6P2S/c12-18(13,14)7-10(19(15,16)17)9-4-3-8(6-11-9)2-1-5-20/h8,10,15-17H,1-7H2,(H2-,12,13,14,20)/p+1. The SMILES string of the molecule is O=P(O)(O)CC(C1=NCC(CCCS)CC1)[P+](O)(O)O. The van der Waals surface area contributed by atoms with Gasteiger partial charge in [-0.15, -0.1) is 0 Å². The molecule has 0 aromatic carbocycles. The zero-order chi connectivity index (χ0) is 15.4. The molecule has 1 heterocycles. The molecule has 0 aliphatic carbocycles. The van der Waals surface area contributed by atoms with E-state index in [0.29, 0.717) is 24.6 Å². The second kappa shape index (κ2) is 7.65. The van der Waals surface area contributed by atoms with Gasteiger partial charge in [-0.1, -0.05) is 0 Å². The summed E-state index contributed by atoms with van der Waals surface area (Å²) < 4.78 is 11.1. The van der Waals surface area contributed by atoms with Crippen LogP contribution in [0.4, 0.5) is 0 Å². The number of hydrogen-bond donors (Lipinski definition) is 6. The van der Waals surface area contributed by atoms with Crippen LogP contribution in [0.25, 0.3) is 0 Å². The van der Waals surface area contributed by atoms with Gasteiger partial charge in [-0.05, 0) is 37.4 Å². The molecule has 7 nitrogen and oxygen atoms in total. The van der Waals surface area contributed by atoms with Crippen LogP contribution in [0.1, 0.15) is 25.7 Å². The van der Waals surface area contributed by atoms with Gasteiger partial charge >= 0.3 is 15.5 Å². The molecule has 20 heavy (non-hydrogen) atoms. The minimum atomic E-state index is -4.46. The molecule has 0 saturated carbocycles. The van der Waals surface area contributed by atoms with Crippen molar-refractivity contribution in [1.82, 2.24) is 0 Å². The zero-order valence-corrected chi connectivity index (χ0v) is 13.7. The number of nitrogens with zero attached hydrogens (tertiary/aromatic N) is 1. The predicted octanol–water partition coefficient (Wildman–Crippen LogP) is 0.833. The predicted molar refractivity (Wildman–Crippen MR) is 82.4 cm³/mol. The minimum absolute atomic E-state index is 0.302. The van der Waals surface area contributed by atoms with Crippen LogP contribution in [0.2, 0.25) is 0 Å². The fourth-order valence-electron chi connectivity index (χ4n) is 2.30. The third-order valence-electron chi connectivity index (χ3n) is 3.35. The molecule has 0 spiro atoms. The summed E-state index contributed by atoms with van der Waals surface area (Å²) in [7, 11) is -8.83. The maximum Gasteiger partial charge on any atom is 0.413 e. The van der Waals surface area contributed by atoms with Crippen molar-refractivity contribution in [2.24, 2.45) is 10.9 Å². The van der Waals surface area contributed by atoms with E-state index in [1.54, 1.807) is 0 Å². The summed E-state index contributed by atoms with van der Waals surface area (Å²) in [5.74, 6) is 1.18. The molecular weight excluding hydrogens is 324 g/mol. The molecule has 0 bridgehead atoms. The van der Waals surface area contributed by atoms with Gasteiger partial charge in [0.25, 0.3) is 0 Å². The van der Waals surface area contributed by atoms with E-state index in [0.717, 1.165) is 25.0 Å². The van der Waals surface area contributed by atoms with Crippen LogP contribution >= 0.6 is 28.2 Å². The summed E-state index contributed by atoms with van der Waals surface area (Å²) in [6.07, 6.45) is 2.35. The first-order valence-electron chi connectivity index (χ1n) is 6.39. The molecule has 2 unspecified atom stereocenters. The van der Waals surface area contributed by atoms with Gasteiger partial charge in [0.2, 0.25) is 0 Å². The number of thiol groups is 1. The summed E-state index contributed by atoms with van der Waals surface area (Å²) in [4.78, 5) is 50.3. The average molecular weight is 346 g/mol. The van der Waals surface area contributed by atoms with E-state index in [1.807, 2.05) is 0 Å². The molecule has 2 atom stereocenters. The van der Waals surface area contributed by atoms with Crippen molar-refractivity contribution in [2.45, 2.75) is 31.3 Å². The third-order valence-corrected chi connectivity index (χ3v) is 6.11. The van der Waals surface area contributed by atoms with Crippen molar-refractivity contribution in [3.8, 4) is 0 Å². The molecule has 0 aromatic heterocycles. The molecule has 118 valence electrons. The number of aliphatic imine (C=N–C) groups is 1. The molecule has 1 rings (SSSR count). The van der Waals surface area contributed by atoms with Crippen molar-refractivity contribution in [1.29, 1.82) is 0 Å². The van der Waals surface area contributed by atoms with Gasteiger partial charge in [-0.3, -0.25) is 9.56 Å². The Hall–Kier alpha value is 0.480. The van der Waals surface area contributed by atoms with Crippen LogP contribution < -0.4 is 0 Å². The Bertz CT molecular complexity index is 394. The van der Waals surface area contributed by atoms with E-state index in [1.165, 1.54) is 0 Å². The fraction of sp³-hybridized carbons (Fsp3) is 0.900.